The van der Waals surface area contributed by atoms with E-state index in [1.165, 1.54) is 11.1 Å². The van der Waals surface area contributed by atoms with Crippen molar-refractivity contribution in [2.75, 3.05) is 5.32 Å². The van der Waals surface area contributed by atoms with Crippen molar-refractivity contribution in [2.24, 2.45) is 0 Å². The van der Waals surface area contributed by atoms with Crippen LogP contribution in [0.4, 0.5) is 5.95 Å². The highest BCUT2D eigenvalue weighted by molar-refractivity contribution is 9.13. The highest BCUT2D eigenvalue weighted by Crippen LogP contribution is 2.32. The van der Waals surface area contributed by atoms with Gasteiger partial charge in [0.15, 0.2) is 0 Å². The lowest BCUT2D eigenvalue weighted by atomic mass is 10.1. The van der Waals surface area contributed by atoms with Crippen molar-refractivity contribution < 1.29 is 0 Å². The Balaban J connectivity index is 1.77. The fourth-order valence-electron chi connectivity index (χ4n) is 2.27. The van der Waals surface area contributed by atoms with Gasteiger partial charge in [-0.15, -0.1) is 0 Å². The number of nitrogens with zero attached hydrogens (tertiary/aromatic N) is 2. The van der Waals surface area contributed by atoms with E-state index in [4.69, 9.17) is 0 Å². The Morgan fingerprint density at radius 3 is 2.11 bits per heavy atom. The van der Waals surface area contributed by atoms with E-state index in [0.29, 0.717) is 12.0 Å². The van der Waals surface area contributed by atoms with Crippen LogP contribution in [0.25, 0.3) is 0 Å². The van der Waals surface area contributed by atoms with Crippen molar-refractivity contribution in [1.82, 2.24) is 9.97 Å². The molecule has 0 fully saturated rings. The fourth-order valence-corrected chi connectivity index (χ4v) is 3.05. The van der Waals surface area contributed by atoms with Crippen molar-refractivity contribution in [3.05, 3.63) is 50.7 Å². The second-order valence-corrected chi connectivity index (χ2v) is 6.07. The number of benzene rings is 1. The van der Waals surface area contributed by atoms with Gasteiger partial charge >= 0.3 is 0 Å². The Kier molecular flexibility index (Phi) is 3.35. The topological polar surface area (TPSA) is 37.8 Å². The molecular weight excluding hydrogens is 358 g/mol. The van der Waals surface area contributed by atoms with Crippen molar-refractivity contribution in [2.45, 2.75) is 18.9 Å². The summed E-state index contributed by atoms with van der Waals surface area (Å²) in [4.78, 5) is 8.40. The van der Waals surface area contributed by atoms with Gasteiger partial charge < -0.3 is 5.32 Å². The summed E-state index contributed by atoms with van der Waals surface area (Å²) in [5.41, 5.74) is 2.78. The molecule has 3 nitrogen and oxygen atoms in total. The summed E-state index contributed by atoms with van der Waals surface area (Å²) in [5, 5.41) is 3.37. The number of halogens is 2. The Bertz CT molecular complexity index is 541. The third-order valence-electron chi connectivity index (χ3n) is 3.07. The minimum Gasteiger partial charge on any atom is -0.351 e. The number of hydrogen-bond acceptors (Lipinski definition) is 3. The highest BCUT2D eigenvalue weighted by atomic mass is 79.9. The van der Waals surface area contributed by atoms with Gasteiger partial charge in [-0.05, 0) is 74.0 Å². The summed E-state index contributed by atoms with van der Waals surface area (Å²) in [6, 6.07) is 6.58. The van der Waals surface area contributed by atoms with Gasteiger partial charge in [0.25, 0.3) is 0 Å². The number of hydrogen-bond donors (Lipinski definition) is 1. The molecule has 1 aliphatic carbocycles. The van der Waals surface area contributed by atoms with Crippen molar-refractivity contribution in [3.63, 3.8) is 0 Å². The van der Waals surface area contributed by atoms with Crippen LogP contribution in [0.15, 0.2) is 39.5 Å². The molecule has 0 saturated heterocycles. The Labute approximate surface area is 122 Å². The first-order valence-corrected chi connectivity index (χ1v) is 7.31. The molecule has 0 radical (unpaired) electrons. The summed E-state index contributed by atoms with van der Waals surface area (Å²) in [6.07, 6.45) is 5.54. The highest BCUT2D eigenvalue weighted by Gasteiger charge is 2.22. The molecule has 1 aliphatic rings. The Hall–Kier alpha value is -0.940. The number of anilines is 1. The Morgan fingerprint density at radius 2 is 1.56 bits per heavy atom. The fraction of sp³-hybridized carbons (Fsp3) is 0.231. The predicted molar refractivity (Wildman–Crippen MR) is 78.7 cm³/mol. The molecule has 1 aromatic carbocycles. The molecule has 0 unspecified atom stereocenters. The van der Waals surface area contributed by atoms with E-state index in [1.54, 1.807) is 12.4 Å². The molecule has 1 N–H and O–H groups in total. The SMILES string of the molecule is Brc1cc2c(cc1Br)CC(Nc1ncccn1)C2. The van der Waals surface area contributed by atoms with Crippen molar-refractivity contribution in [1.29, 1.82) is 0 Å². The molecule has 0 saturated carbocycles. The molecule has 18 heavy (non-hydrogen) atoms. The first kappa shape index (κ1) is 12.1. The molecule has 0 bridgehead atoms. The summed E-state index contributed by atoms with van der Waals surface area (Å²) in [5.74, 6) is 0.702. The standard InChI is InChI=1S/C13H11Br2N3/c14-11-6-8-4-10(5-9(8)7-12(11)15)18-13-16-2-1-3-17-13/h1-3,6-7,10H,4-5H2,(H,16,17,18). The lowest BCUT2D eigenvalue weighted by Gasteiger charge is -2.10. The van der Waals surface area contributed by atoms with Crippen molar-refractivity contribution >= 4 is 37.8 Å². The zero-order valence-corrected chi connectivity index (χ0v) is 12.7. The van der Waals surface area contributed by atoms with Crippen LogP contribution in [0, 0.1) is 0 Å². The molecule has 0 amide bonds. The third kappa shape index (κ3) is 2.42. The zero-order valence-electron chi connectivity index (χ0n) is 9.53. The van der Waals surface area contributed by atoms with Crippen LogP contribution in [0.1, 0.15) is 11.1 Å². The van der Waals surface area contributed by atoms with Crippen LogP contribution >= 0.6 is 31.9 Å². The molecule has 92 valence electrons. The second kappa shape index (κ2) is 4.97. The van der Waals surface area contributed by atoms with Gasteiger partial charge in [0.2, 0.25) is 5.95 Å². The van der Waals surface area contributed by atoms with E-state index in [0.717, 1.165) is 21.8 Å². The normalized spacial score (nSPS) is 14.6. The maximum Gasteiger partial charge on any atom is 0.222 e. The maximum absolute atomic E-state index is 4.20. The number of rotatable bonds is 2. The van der Waals surface area contributed by atoms with E-state index < -0.39 is 0 Å². The maximum atomic E-state index is 4.20. The first-order valence-electron chi connectivity index (χ1n) is 5.73. The minimum absolute atomic E-state index is 0.378. The van der Waals surface area contributed by atoms with Crippen LogP contribution in [0.5, 0.6) is 0 Å². The Morgan fingerprint density at radius 1 is 1.00 bits per heavy atom. The van der Waals surface area contributed by atoms with Crippen LogP contribution < -0.4 is 5.32 Å². The number of fused-ring (bicyclic) bond motifs is 1. The number of aromatic nitrogens is 2. The molecule has 0 spiro atoms. The van der Waals surface area contributed by atoms with Crippen LogP contribution in [-0.2, 0) is 12.8 Å². The second-order valence-electron chi connectivity index (χ2n) is 4.36. The lowest BCUT2D eigenvalue weighted by Crippen LogP contribution is -2.20. The average Bonchev–Trinajstić information content (AvgIpc) is 2.72. The summed E-state index contributed by atoms with van der Waals surface area (Å²) in [6.45, 7) is 0. The molecular formula is C13H11Br2N3. The van der Waals surface area contributed by atoms with Gasteiger partial charge in [-0.1, -0.05) is 0 Å². The predicted octanol–water partition coefficient (Wildman–Crippen LogP) is 3.58. The van der Waals surface area contributed by atoms with Gasteiger partial charge in [-0.25, -0.2) is 9.97 Å². The monoisotopic (exact) mass is 367 g/mol. The van der Waals surface area contributed by atoms with Gasteiger partial charge in [0, 0.05) is 27.4 Å². The van der Waals surface area contributed by atoms with Crippen LogP contribution in [0.2, 0.25) is 0 Å². The van der Waals surface area contributed by atoms with Crippen molar-refractivity contribution in [3.8, 4) is 0 Å². The molecule has 5 heteroatoms. The molecule has 3 rings (SSSR count). The lowest BCUT2D eigenvalue weighted by molar-refractivity contribution is 0.761. The van der Waals surface area contributed by atoms with E-state index in [9.17, 15) is 0 Å². The van der Waals surface area contributed by atoms with E-state index in [1.807, 2.05) is 6.07 Å². The smallest absolute Gasteiger partial charge is 0.222 e. The van der Waals surface area contributed by atoms with Crippen LogP contribution in [0.3, 0.4) is 0 Å². The van der Waals surface area contributed by atoms with Gasteiger partial charge in [-0.2, -0.15) is 0 Å². The van der Waals surface area contributed by atoms with E-state index in [2.05, 4.69) is 59.3 Å². The molecule has 0 atom stereocenters. The molecule has 2 aromatic rings. The van der Waals surface area contributed by atoms with Gasteiger partial charge in [-0.3, -0.25) is 0 Å². The first-order chi connectivity index (χ1) is 8.72. The summed E-state index contributed by atoms with van der Waals surface area (Å²) >= 11 is 7.09. The quantitative estimate of drug-likeness (QED) is 0.880. The molecule has 0 aliphatic heterocycles. The largest absolute Gasteiger partial charge is 0.351 e. The van der Waals surface area contributed by atoms with Crippen LogP contribution in [-0.4, -0.2) is 16.0 Å². The molecule has 1 aromatic heterocycles. The third-order valence-corrected chi connectivity index (χ3v) is 4.92. The van der Waals surface area contributed by atoms with E-state index in [-0.39, 0.29) is 0 Å². The number of nitrogens with one attached hydrogen (secondary N) is 1. The average molecular weight is 369 g/mol. The van der Waals surface area contributed by atoms with E-state index >= 15 is 0 Å². The van der Waals surface area contributed by atoms with Gasteiger partial charge in [0.1, 0.15) is 0 Å². The van der Waals surface area contributed by atoms with Gasteiger partial charge in [0.05, 0.1) is 0 Å². The zero-order chi connectivity index (χ0) is 12.5. The summed E-state index contributed by atoms with van der Waals surface area (Å²) in [7, 11) is 0. The molecule has 1 heterocycles. The summed E-state index contributed by atoms with van der Waals surface area (Å²) < 4.78 is 2.22. The minimum atomic E-state index is 0.378.